The number of hydrogen-bond donors (Lipinski definition) is 0. The monoisotopic (exact) mass is 268 g/mol. The molecule has 1 saturated carbocycles. The molecule has 0 amide bonds. The summed E-state index contributed by atoms with van der Waals surface area (Å²) in [7, 11) is 0. The van der Waals surface area contributed by atoms with Crippen molar-refractivity contribution >= 4 is 11.6 Å². The molecule has 0 aliphatic heterocycles. The van der Waals surface area contributed by atoms with Crippen molar-refractivity contribution in [3.63, 3.8) is 0 Å². The van der Waals surface area contributed by atoms with E-state index in [0.717, 1.165) is 5.56 Å². The van der Waals surface area contributed by atoms with E-state index in [0.29, 0.717) is 17.0 Å². The van der Waals surface area contributed by atoms with Gasteiger partial charge in [0.25, 0.3) is 0 Å². The molecule has 2 heteroatoms. The maximum absolute atomic E-state index is 13.6. The SMILES string of the molecule is Cc1cc(C(Cl)C2CCCCCC2)cc(C)c1F. The van der Waals surface area contributed by atoms with Crippen molar-refractivity contribution in [1.82, 2.24) is 0 Å². The zero-order valence-electron chi connectivity index (χ0n) is 11.3. The standard InChI is InChI=1S/C16H22ClF/c1-11-9-14(10-12(2)16(11)18)15(17)13-7-5-3-4-6-8-13/h9-10,13,15H,3-8H2,1-2H3. The van der Waals surface area contributed by atoms with Crippen LogP contribution in [0.25, 0.3) is 0 Å². The Balaban J connectivity index is 2.19. The number of hydrogen-bond acceptors (Lipinski definition) is 0. The Morgan fingerprint density at radius 1 is 1.06 bits per heavy atom. The molecule has 0 aromatic heterocycles. The minimum absolute atomic E-state index is 0.0427. The van der Waals surface area contributed by atoms with Crippen LogP contribution in [-0.4, -0.2) is 0 Å². The number of halogens is 2. The Kier molecular flexibility index (Phi) is 4.66. The Labute approximate surface area is 115 Å². The Hall–Kier alpha value is -0.560. The second-order valence-corrected chi connectivity index (χ2v) is 6.09. The molecule has 1 atom stereocenters. The fourth-order valence-corrected chi connectivity index (χ4v) is 3.39. The predicted molar refractivity (Wildman–Crippen MR) is 75.7 cm³/mol. The highest BCUT2D eigenvalue weighted by atomic mass is 35.5. The van der Waals surface area contributed by atoms with E-state index in [9.17, 15) is 4.39 Å². The van der Waals surface area contributed by atoms with E-state index >= 15 is 0 Å². The molecule has 1 aromatic rings. The van der Waals surface area contributed by atoms with E-state index in [2.05, 4.69) is 0 Å². The summed E-state index contributed by atoms with van der Waals surface area (Å²) in [4.78, 5) is 0. The summed E-state index contributed by atoms with van der Waals surface area (Å²) in [5, 5.41) is 0.0427. The number of alkyl halides is 1. The van der Waals surface area contributed by atoms with Gasteiger partial charge in [-0.05, 0) is 49.3 Å². The topological polar surface area (TPSA) is 0 Å². The second kappa shape index (κ2) is 6.06. The van der Waals surface area contributed by atoms with Crippen LogP contribution in [0.1, 0.15) is 60.6 Å². The van der Waals surface area contributed by atoms with Gasteiger partial charge in [0.15, 0.2) is 0 Å². The molecule has 0 saturated heterocycles. The Bertz CT molecular complexity index is 383. The van der Waals surface area contributed by atoms with Crippen LogP contribution < -0.4 is 0 Å². The van der Waals surface area contributed by atoms with Crippen molar-refractivity contribution in [3.05, 3.63) is 34.6 Å². The van der Waals surface area contributed by atoms with E-state index in [-0.39, 0.29) is 11.2 Å². The molecule has 0 bridgehead atoms. The summed E-state index contributed by atoms with van der Waals surface area (Å²) in [6.45, 7) is 3.64. The van der Waals surface area contributed by atoms with Crippen LogP contribution in [0.3, 0.4) is 0 Å². The Morgan fingerprint density at radius 3 is 2.06 bits per heavy atom. The van der Waals surface area contributed by atoms with Gasteiger partial charge in [-0.1, -0.05) is 37.8 Å². The molecule has 1 fully saturated rings. The summed E-state index contributed by atoms with van der Waals surface area (Å²) in [6, 6.07) is 3.84. The zero-order valence-corrected chi connectivity index (χ0v) is 12.1. The molecule has 0 nitrogen and oxygen atoms in total. The molecule has 1 aromatic carbocycles. The van der Waals surface area contributed by atoms with Gasteiger partial charge < -0.3 is 0 Å². The van der Waals surface area contributed by atoms with E-state index in [1.807, 2.05) is 26.0 Å². The third-order valence-corrected chi connectivity index (χ3v) is 4.70. The molecule has 0 spiro atoms. The van der Waals surface area contributed by atoms with Gasteiger partial charge in [-0.15, -0.1) is 11.6 Å². The second-order valence-electron chi connectivity index (χ2n) is 5.62. The lowest BCUT2D eigenvalue weighted by Gasteiger charge is -2.22. The average Bonchev–Trinajstić information content (AvgIpc) is 2.63. The first-order valence-electron chi connectivity index (χ1n) is 7.00. The summed E-state index contributed by atoms with van der Waals surface area (Å²) < 4.78 is 13.6. The molecule has 0 radical (unpaired) electrons. The van der Waals surface area contributed by atoms with Gasteiger partial charge in [-0.25, -0.2) is 4.39 Å². The molecule has 1 aliphatic carbocycles. The molecular weight excluding hydrogens is 247 g/mol. The van der Waals surface area contributed by atoms with Gasteiger partial charge in [0.05, 0.1) is 5.38 Å². The van der Waals surface area contributed by atoms with Crippen molar-refractivity contribution in [3.8, 4) is 0 Å². The van der Waals surface area contributed by atoms with Gasteiger partial charge >= 0.3 is 0 Å². The molecule has 100 valence electrons. The van der Waals surface area contributed by atoms with E-state index in [4.69, 9.17) is 11.6 Å². The van der Waals surface area contributed by atoms with Crippen molar-refractivity contribution in [2.75, 3.05) is 0 Å². The maximum atomic E-state index is 13.6. The minimum Gasteiger partial charge on any atom is -0.206 e. The zero-order chi connectivity index (χ0) is 13.1. The highest BCUT2D eigenvalue weighted by Gasteiger charge is 2.23. The highest BCUT2D eigenvalue weighted by Crippen LogP contribution is 2.38. The van der Waals surface area contributed by atoms with Crippen LogP contribution >= 0.6 is 11.6 Å². The predicted octanol–water partition coefficient (Wildman–Crippen LogP) is 5.69. The van der Waals surface area contributed by atoms with Gasteiger partial charge in [0, 0.05) is 0 Å². The van der Waals surface area contributed by atoms with Crippen LogP contribution in [0.5, 0.6) is 0 Å². The average molecular weight is 269 g/mol. The van der Waals surface area contributed by atoms with Crippen molar-refractivity contribution in [2.45, 2.75) is 57.7 Å². The third-order valence-electron chi connectivity index (χ3n) is 4.09. The van der Waals surface area contributed by atoms with E-state index < -0.39 is 0 Å². The van der Waals surface area contributed by atoms with Crippen LogP contribution in [0.4, 0.5) is 4.39 Å². The fourth-order valence-electron chi connectivity index (χ4n) is 3.01. The third kappa shape index (κ3) is 3.06. The van der Waals surface area contributed by atoms with Crippen molar-refractivity contribution in [1.29, 1.82) is 0 Å². The van der Waals surface area contributed by atoms with Gasteiger partial charge in [-0.2, -0.15) is 0 Å². The lowest BCUT2D eigenvalue weighted by molar-refractivity contribution is 0.444. The van der Waals surface area contributed by atoms with Gasteiger partial charge in [0.1, 0.15) is 5.82 Å². The first kappa shape index (κ1) is 13.9. The maximum Gasteiger partial charge on any atom is 0.129 e. The Morgan fingerprint density at radius 2 is 1.56 bits per heavy atom. The molecule has 1 aliphatic rings. The largest absolute Gasteiger partial charge is 0.206 e. The van der Waals surface area contributed by atoms with Gasteiger partial charge in [-0.3, -0.25) is 0 Å². The number of benzene rings is 1. The summed E-state index contributed by atoms with van der Waals surface area (Å²) in [6.07, 6.45) is 7.66. The van der Waals surface area contributed by atoms with E-state index in [1.165, 1.54) is 38.5 Å². The molecule has 1 unspecified atom stereocenters. The summed E-state index contributed by atoms with van der Waals surface area (Å²) in [5.74, 6) is 0.460. The highest BCUT2D eigenvalue weighted by molar-refractivity contribution is 6.21. The van der Waals surface area contributed by atoms with Crippen molar-refractivity contribution in [2.24, 2.45) is 5.92 Å². The lowest BCUT2D eigenvalue weighted by Crippen LogP contribution is -2.08. The quantitative estimate of drug-likeness (QED) is 0.477. The number of rotatable bonds is 2. The molecular formula is C16H22ClF. The fraction of sp³-hybridized carbons (Fsp3) is 0.625. The van der Waals surface area contributed by atoms with Crippen LogP contribution in [-0.2, 0) is 0 Å². The summed E-state index contributed by atoms with van der Waals surface area (Å²) in [5.41, 5.74) is 2.52. The van der Waals surface area contributed by atoms with Crippen LogP contribution in [0.2, 0.25) is 0 Å². The first-order valence-corrected chi connectivity index (χ1v) is 7.44. The smallest absolute Gasteiger partial charge is 0.129 e. The van der Waals surface area contributed by atoms with Crippen LogP contribution in [0, 0.1) is 25.6 Å². The van der Waals surface area contributed by atoms with Crippen LogP contribution in [0.15, 0.2) is 12.1 Å². The van der Waals surface area contributed by atoms with E-state index in [1.54, 1.807) is 0 Å². The van der Waals surface area contributed by atoms with Crippen molar-refractivity contribution < 1.29 is 4.39 Å². The minimum atomic E-state index is -0.0940. The number of aryl methyl sites for hydroxylation is 2. The molecule has 2 rings (SSSR count). The molecule has 0 N–H and O–H groups in total. The molecule has 18 heavy (non-hydrogen) atoms. The normalized spacial score (nSPS) is 19.6. The first-order chi connectivity index (χ1) is 8.59. The molecule has 0 heterocycles. The summed E-state index contributed by atoms with van der Waals surface area (Å²) >= 11 is 6.63. The lowest BCUT2D eigenvalue weighted by atomic mass is 9.90. The van der Waals surface area contributed by atoms with Gasteiger partial charge in [0.2, 0.25) is 0 Å².